The summed E-state index contributed by atoms with van der Waals surface area (Å²) in [5.41, 5.74) is 4.78. The molecule has 1 aliphatic rings. The van der Waals surface area contributed by atoms with Crippen molar-refractivity contribution in [3.63, 3.8) is 0 Å². The highest BCUT2D eigenvalue weighted by molar-refractivity contribution is 7.97. The largest absolute Gasteiger partial charge is 0.489 e. The predicted octanol–water partition coefficient (Wildman–Crippen LogP) is 4.28. The SMILES string of the molecule is CSCc1nn(-c2ccc(OCc3ccccc3)cc2)c2c1CCN2. The van der Waals surface area contributed by atoms with E-state index in [9.17, 15) is 0 Å². The molecule has 0 saturated heterocycles. The molecule has 2 aromatic carbocycles. The van der Waals surface area contributed by atoms with Crippen LogP contribution in [-0.2, 0) is 18.8 Å². The van der Waals surface area contributed by atoms with Crippen LogP contribution in [0.15, 0.2) is 54.6 Å². The van der Waals surface area contributed by atoms with Gasteiger partial charge < -0.3 is 10.1 Å². The molecule has 0 saturated carbocycles. The van der Waals surface area contributed by atoms with Crippen LogP contribution in [-0.4, -0.2) is 22.6 Å². The highest BCUT2D eigenvalue weighted by atomic mass is 32.2. The van der Waals surface area contributed by atoms with Gasteiger partial charge in [0.05, 0.1) is 11.4 Å². The molecule has 25 heavy (non-hydrogen) atoms. The summed E-state index contributed by atoms with van der Waals surface area (Å²) in [6.07, 6.45) is 3.18. The number of nitrogens with one attached hydrogen (secondary N) is 1. The molecular weight excluding hydrogens is 330 g/mol. The van der Waals surface area contributed by atoms with E-state index < -0.39 is 0 Å². The lowest BCUT2D eigenvalue weighted by Crippen LogP contribution is -2.04. The number of ether oxygens (including phenoxy) is 1. The maximum absolute atomic E-state index is 5.87. The first-order valence-electron chi connectivity index (χ1n) is 8.46. The number of aromatic nitrogens is 2. The molecule has 4 nitrogen and oxygen atoms in total. The van der Waals surface area contributed by atoms with Crippen molar-refractivity contribution in [1.82, 2.24) is 9.78 Å². The van der Waals surface area contributed by atoms with Crippen LogP contribution in [0.1, 0.15) is 16.8 Å². The number of fused-ring (bicyclic) bond motifs is 1. The molecule has 1 N–H and O–H groups in total. The van der Waals surface area contributed by atoms with Gasteiger partial charge in [-0.1, -0.05) is 30.3 Å². The second-order valence-corrected chi connectivity index (χ2v) is 6.93. The van der Waals surface area contributed by atoms with E-state index in [1.165, 1.54) is 16.8 Å². The molecule has 3 aromatic rings. The minimum atomic E-state index is 0.580. The fourth-order valence-corrected chi connectivity index (χ4v) is 3.62. The van der Waals surface area contributed by atoms with Crippen molar-refractivity contribution < 1.29 is 4.74 Å². The maximum atomic E-state index is 5.87. The predicted molar refractivity (Wildman–Crippen MR) is 104 cm³/mol. The van der Waals surface area contributed by atoms with Crippen molar-refractivity contribution >= 4 is 17.6 Å². The van der Waals surface area contributed by atoms with E-state index in [0.29, 0.717) is 6.61 Å². The smallest absolute Gasteiger partial charge is 0.133 e. The lowest BCUT2D eigenvalue weighted by atomic mass is 10.2. The summed E-state index contributed by atoms with van der Waals surface area (Å²) in [4.78, 5) is 0. The Balaban J connectivity index is 1.52. The Kier molecular flexibility index (Phi) is 4.65. The van der Waals surface area contributed by atoms with Crippen LogP contribution in [0.2, 0.25) is 0 Å². The van der Waals surface area contributed by atoms with Gasteiger partial charge in [0.15, 0.2) is 0 Å². The van der Waals surface area contributed by atoms with Crippen LogP contribution in [0.25, 0.3) is 5.69 Å². The molecule has 128 valence electrons. The van der Waals surface area contributed by atoms with Crippen molar-refractivity contribution in [1.29, 1.82) is 0 Å². The first-order valence-corrected chi connectivity index (χ1v) is 9.85. The first-order chi connectivity index (χ1) is 12.3. The summed E-state index contributed by atoms with van der Waals surface area (Å²) in [6.45, 7) is 1.57. The normalized spacial score (nSPS) is 12.7. The quantitative estimate of drug-likeness (QED) is 0.719. The molecule has 0 atom stereocenters. The number of nitrogens with zero attached hydrogens (tertiary/aromatic N) is 2. The van der Waals surface area contributed by atoms with Gasteiger partial charge in [-0.15, -0.1) is 0 Å². The lowest BCUT2D eigenvalue weighted by Gasteiger charge is -2.09. The van der Waals surface area contributed by atoms with Gasteiger partial charge in [0.25, 0.3) is 0 Å². The lowest BCUT2D eigenvalue weighted by molar-refractivity contribution is 0.306. The van der Waals surface area contributed by atoms with Crippen molar-refractivity contribution in [2.45, 2.75) is 18.8 Å². The Bertz CT molecular complexity index is 843. The highest BCUT2D eigenvalue weighted by Gasteiger charge is 2.22. The van der Waals surface area contributed by atoms with Crippen molar-refractivity contribution in [3.8, 4) is 11.4 Å². The number of hydrogen-bond donors (Lipinski definition) is 1. The minimum absolute atomic E-state index is 0.580. The fourth-order valence-electron chi connectivity index (χ4n) is 3.11. The number of rotatable bonds is 6. The molecule has 2 heterocycles. The average Bonchev–Trinajstić information content (AvgIpc) is 3.26. The molecule has 1 aromatic heterocycles. The van der Waals surface area contributed by atoms with E-state index in [0.717, 1.165) is 36.0 Å². The number of benzene rings is 2. The first kappa shape index (κ1) is 16.1. The van der Waals surface area contributed by atoms with Crippen LogP contribution in [0.4, 0.5) is 5.82 Å². The fraction of sp³-hybridized carbons (Fsp3) is 0.250. The summed E-state index contributed by atoms with van der Waals surface area (Å²) >= 11 is 1.81. The topological polar surface area (TPSA) is 39.1 Å². The Hall–Kier alpha value is -2.40. The summed E-state index contributed by atoms with van der Waals surface area (Å²) in [7, 11) is 0. The number of thioether (sulfide) groups is 1. The Labute approximate surface area is 152 Å². The standard InChI is InChI=1S/C20H21N3OS/c1-25-14-19-18-11-12-21-20(18)23(22-19)16-7-9-17(10-8-16)24-13-15-5-3-2-4-6-15/h2-10,21H,11-14H2,1H3. The molecule has 0 spiro atoms. The number of hydrogen-bond acceptors (Lipinski definition) is 4. The highest BCUT2D eigenvalue weighted by Crippen LogP contribution is 2.30. The van der Waals surface area contributed by atoms with Crippen LogP contribution in [0, 0.1) is 0 Å². The molecule has 0 aliphatic carbocycles. The van der Waals surface area contributed by atoms with Crippen LogP contribution >= 0.6 is 11.8 Å². The van der Waals surface area contributed by atoms with Gasteiger partial charge in [-0.2, -0.15) is 16.9 Å². The molecule has 0 fully saturated rings. The van der Waals surface area contributed by atoms with E-state index in [4.69, 9.17) is 9.84 Å². The van der Waals surface area contributed by atoms with Gasteiger partial charge in [0, 0.05) is 17.9 Å². The zero-order chi connectivity index (χ0) is 17.1. The molecule has 0 radical (unpaired) electrons. The Morgan fingerprint density at radius 3 is 2.68 bits per heavy atom. The van der Waals surface area contributed by atoms with Gasteiger partial charge in [-0.25, -0.2) is 4.68 Å². The van der Waals surface area contributed by atoms with Crippen molar-refractivity contribution in [2.24, 2.45) is 0 Å². The van der Waals surface area contributed by atoms with E-state index in [1.54, 1.807) is 0 Å². The number of anilines is 1. The third-order valence-electron chi connectivity index (χ3n) is 4.34. The summed E-state index contributed by atoms with van der Waals surface area (Å²) < 4.78 is 7.89. The minimum Gasteiger partial charge on any atom is -0.489 e. The average molecular weight is 351 g/mol. The second kappa shape index (κ2) is 7.23. The molecule has 4 rings (SSSR count). The van der Waals surface area contributed by atoms with Crippen LogP contribution < -0.4 is 10.1 Å². The Morgan fingerprint density at radius 1 is 1.12 bits per heavy atom. The van der Waals surface area contributed by atoms with Crippen molar-refractivity contribution in [3.05, 3.63) is 71.4 Å². The monoisotopic (exact) mass is 351 g/mol. The van der Waals surface area contributed by atoms with Gasteiger partial charge >= 0.3 is 0 Å². The Morgan fingerprint density at radius 2 is 1.92 bits per heavy atom. The summed E-state index contributed by atoms with van der Waals surface area (Å²) in [5.74, 6) is 2.96. The molecule has 0 unspecified atom stereocenters. The molecule has 5 heteroatoms. The zero-order valence-corrected chi connectivity index (χ0v) is 15.1. The van der Waals surface area contributed by atoms with E-state index in [1.807, 2.05) is 46.8 Å². The molecule has 1 aliphatic heterocycles. The second-order valence-electron chi connectivity index (χ2n) is 6.06. The maximum Gasteiger partial charge on any atom is 0.133 e. The zero-order valence-electron chi connectivity index (χ0n) is 14.2. The van der Waals surface area contributed by atoms with E-state index >= 15 is 0 Å². The van der Waals surface area contributed by atoms with Gasteiger partial charge in [-0.05, 0) is 42.5 Å². The van der Waals surface area contributed by atoms with Crippen molar-refractivity contribution in [2.75, 3.05) is 18.1 Å². The van der Waals surface area contributed by atoms with E-state index in [-0.39, 0.29) is 0 Å². The van der Waals surface area contributed by atoms with Crippen LogP contribution in [0.5, 0.6) is 5.75 Å². The third-order valence-corrected chi connectivity index (χ3v) is 4.91. The van der Waals surface area contributed by atoms with E-state index in [2.05, 4.69) is 35.8 Å². The third kappa shape index (κ3) is 3.37. The molecular formula is C20H21N3OS. The van der Waals surface area contributed by atoms with Crippen LogP contribution in [0.3, 0.4) is 0 Å². The molecule has 0 amide bonds. The van der Waals surface area contributed by atoms with Gasteiger partial charge in [-0.3, -0.25) is 0 Å². The molecule has 0 bridgehead atoms. The van der Waals surface area contributed by atoms with Gasteiger partial charge in [0.1, 0.15) is 18.2 Å². The summed E-state index contributed by atoms with van der Waals surface area (Å²) in [6, 6.07) is 18.4. The summed E-state index contributed by atoms with van der Waals surface area (Å²) in [5, 5.41) is 8.27. The van der Waals surface area contributed by atoms with Gasteiger partial charge in [0.2, 0.25) is 0 Å².